The summed E-state index contributed by atoms with van der Waals surface area (Å²) in [7, 11) is 3.50. The molecule has 0 bridgehead atoms. The van der Waals surface area contributed by atoms with E-state index in [1.165, 1.54) is 6.33 Å². The number of nitrogens with zero attached hydrogens (tertiary/aromatic N) is 6. The molecule has 11 heteroatoms. The van der Waals surface area contributed by atoms with E-state index in [9.17, 15) is 10.1 Å². The number of fused-ring (bicyclic) bond motifs is 1. The van der Waals surface area contributed by atoms with E-state index >= 15 is 0 Å². The van der Waals surface area contributed by atoms with Crippen molar-refractivity contribution in [3.05, 3.63) is 40.2 Å². The lowest BCUT2D eigenvalue weighted by atomic mass is 10.1. The van der Waals surface area contributed by atoms with E-state index < -0.39 is 4.92 Å². The van der Waals surface area contributed by atoms with Crippen molar-refractivity contribution in [1.82, 2.24) is 19.9 Å². The van der Waals surface area contributed by atoms with Gasteiger partial charge in [-0.15, -0.1) is 0 Å². The Morgan fingerprint density at radius 3 is 2.66 bits per heavy atom. The number of benzene rings is 1. The number of nitro groups is 1. The van der Waals surface area contributed by atoms with Gasteiger partial charge in [0.25, 0.3) is 0 Å². The van der Waals surface area contributed by atoms with Crippen LogP contribution in [0.4, 0.5) is 17.3 Å². The molecule has 0 amide bonds. The number of ether oxygens (including phenoxy) is 2. The number of rotatable bonds is 6. The SMILES string of the molecule is CN(C)Nc1ncnc(N2CCN(Cc3ccc4c(c3)OCO4)CC2)c1[N+](=O)[O-]. The molecule has 11 nitrogen and oxygen atoms in total. The first-order valence-electron chi connectivity index (χ1n) is 9.30. The van der Waals surface area contributed by atoms with Crippen LogP contribution >= 0.6 is 0 Å². The third-order valence-corrected chi connectivity index (χ3v) is 4.83. The maximum atomic E-state index is 11.7. The van der Waals surface area contributed by atoms with Crippen LogP contribution in [0.15, 0.2) is 24.5 Å². The Bertz CT molecular complexity index is 900. The molecular weight excluding hydrogens is 378 g/mol. The molecule has 0 aliphatic carbocycles. The molecule has 29 heavy (non-hydrogen) atoms. The lowest BCUT2D eigenvalue weighted by Crippen LogP contribution is -2.46. The molecule has 0 unspecified atom stereocenters. The number of nitrogens with one attached hydrogen (secondary N) is 1. The van der Waals surface area contributed by atoms with E-state index in [0.29, 0.717) is 18.9 Å². The summed E-state index contributed by atoms with van der Waals surface area (Å²) in [6, 6.07) is 5.97. The summed E-state index contributed by atoms with van der Waals surface area (Å²) in [4.78, 5) is 23.7. The van der Waals surface area contributed by atoms with Gasteiger partial charge in [0, 0.05) is 46.8 Å². The molecular formula is C18H23N7O4. The maximum absolute atomic E-state index is 11.7. The van der Waals surface area contributed by atoms with Gasteiger partial charge in [0.05, 0.1) is 4.92 Å². The zero-order chi connectivity index (χ0) is 20.4. The zero-order valence-corrected chi connectivity index (χ0v) is 16.4. The van der Waals surface area contributed by atoms with E-state index in [0.717, 1.165) is 36.7 Å². The Morgan fingerprint density at radius 2 is 1.93 bits per heavy atom. The first-order valence-corrected chi connectivity index (χ1v) is 9.30. The Hall–Kier alpha value is -3.18. The highest BCUT2D eigenvalue weighted by molar-refractivity contribution is 5.70. The maximum Gasteiger partial charge on any atom is 0.354 e. The number of aromatic nitrogens is 2. The fraction of sp³-hybridized carbons (Fsp3) is 0.444. The number of piperazine rings is 1. The van der Waals surface area contributed by atoms with Crippen molar-refractivity contribution in [2.45, 2.75) is 6.54 Å². The van der Waals surface area contributed by atoms with E-state index in [1.807, 2.05) is 23.1 Å². The van der Waals surface area contributed by atoms with Crippen molar-refractivity contribution < 1.29 is 14.4 Å². The van der Waals surface area contributed by atoms with Crippen LogP contribution in [-0.4, -0.2) is 71.9 Å². The minimum absolute atomic E-state index is 0.106. The minimum atomic E-state index is -0.430. The molecule has 1 N–H and O–H groups in total. The van der Waals surface area contributed by atoms with Crippen LogP contribution < -0.4 is 19.8 Å². The van der Waals surface area contributed by atoms with Crippen LogP contribution in [-0.2, 0) is 6.54 Å². The van der Waals surface area contributed by atoms with E-state index in [4.69, 9.17) is 9.47 Å². The lowest BCUT2D eigenvalue weighted by Gasteiger charge is -2.35. The predicted molar refractivity (Wildman–Crippen MR) is 106 cm³/mol. The first-order chi connectivity index (χ1) is 14.0. The van der Waals surface area contributed by atoms with Gasteiger partial charge >= 0.3 is 5.69 Å². The smallest absolute Gasteiger partial charge is 0.354 e. The fourth-order valence-electron chi connectivity index (χ4n) is 3.48. The standard InChI is InChI=1S/C18H23N7O4/c1-22(2)21-17-16(25(26)27)18(20-11-19-17)24-7-5-23(6-8-24)10-13-3-4-14-15(9-13)29-12-28-14/h3-4,9,11H,5-8,10,12H2,1-2H3,(H,19,20,21). The van der Waals surface area contributed by atoms with Gasteiger partial charge in [-0.05, 0) is 17.7 Å². The van der Waals surface area contributed by atoms with Crippen LogP contribution in [0, 0.1) is 10.1 Å². The summed E-state index contributed by atoms with van der Waals surface area (Å²) in [5.41, 5.74) is 3.92. The second kappa shape index (κ2) is 8.05. The molecule has 2 aliphatic heterocycles. The van der Waals surface area contributed by atoms with Gasteiger partial charge in [0.2, 0.25) is 18.4 Å². The molecule has 1 aromatic heterocycles. The summed E-state index contributed by atoms with van der Waals surface area (Å²) in [6.07, 6.45) is 1.35. The third kappa shape index (κ3) is 4.15. The summed E-state index contributed by atoms with van der Waals surface area (Å²) in [5.74, 6) is 2.08. The van der Waals surface area contributed by atoms with E-state index in [2.05, 4.69) is 20.3 Å². The molecule has 0 radical (unpaired) electrons. The van der Waals surface area contributed by atoms with E-state index in [-0.39, 0.29) is 18.3 Å². The average molecular weight is 401 g/mol. The normalized spacial score (nSPS) is 16.3. The summed E-state index contributed by atoms with van der Waals surface area (Å²) < 4.78 is 10.8. The summed E-state index contributed by atoms with van der Waals surface area (Å²) >= 11 is 0. The lowest BCUT2D eigenvalue weighted by molar-refractivity contribution is -0.383. The Labute approximate surface area is 168 Å². The van der Waals surface area contributed by atoms with Gasteiger partial charge in [0.1, 0.15) is 6.33 Å². The predicted octanol–water partition coefficient (Wildman–Crippen LogP) is 1.32. The fourth-order valence-corrected chi connectivity index (χ4v) is 3.48. The number of anilines is 2. The van der Waals surface area contributed by atoms with Crippen LogP contribution in [0.5, 0.6) is 11.5 Å². The van der Waals surface area contributed by atoms with Gasteiger partial charge < -0.3 is 14.4 Å². The van der Waals surface area contributed by atoms with Crippen molar-refractivity contribution in [3.63, 3.8) is 0 Å². The first kappa shape index (κ1) is 19.2. The van der Waals surface area contributed by atoms with Crippen molar-refractivity contribution >= 4 is 17.3 Å². The summed E-state index contributed by atoms with van der Waals surface area (Å²) in [5, 5.41) is 13.3. The quantitative estimate of drug-likeness (QED) is 0.562. The zero-order valence-electron chi connectivity index (χ0n) is 16.4. The van der Waals surface area contributed by atoms with Gasteiger partial charge in [-0.25, -0.2) is 15.0 Å². The van der Waals surface area contributed by atoms with Crippen molar-refractivity contribution in [2.75, 3.05) is 57.4 Å². The van der Waals surface area contributed by atoms with Crippen LogP contribution in [0.3, 0.4) is 0 Å². The van der Waals surface area contributed by atoms with Gasteiger partial charge in [0.15, 0.2) is 11.5 Å². The molecule has 154 valence electrons. The molecule has 0 atom stereocenters. The Morgan fingerprint density at radius 1 is 1.17 bits per heavy atom. The molecule has 1 fully saturated rings. The molecule has 1 saturated heterocycles. The average Bonchev–Trinajstić information content (AvgIpc) is 3.15. The summed E-state index contributed by atoms with van der Waals surface area (Å²) in [6.45, 7) is 3.87. The molecule has 2 aliphatic rings. The van der Waals surface area contributed by atoms with Gasteiger partial charge in [-0.3, -0.25) is 20.4 Å². The number of hydrogen-bond acceptors (Lipinski definition) is 10. The second-order valence-electron chi connectivity index (χ2n) is 7.11. The number of hydrazine groups is 1. The minimum Gasteiger partial charge on any atom is -0.454 e. The largest absolute Gasteiger partial charge is 0.454 e. The van der Waals surface area contributed by atoms with Crippen molar-refractivity contribution in [1.29, 1.82) is 0 Å². The van der Waals surface area contributed by atoms with Crippen molar-refractivity contribution in [3.8, 4) is 11.5 Å². The van der Waals surface area contributed by atoms with Gasteiger partial charge in [-0.2, -0.15) is 0 Å². The van der Waals surface area contributed by atoms with Crippen LogP contribution in [0.25, 0.3) is 0 Å². The third-order valence-electron chi connectivity index (χ3n) is 4.83. The van der Waals surface area contributed by atoms with Crippen LogP contribution in [0.1, 0.15) is 5.56 Å². The van der Waals surface area contributed by atoms with Crippen LogP contribution in [0.2, 0.25) is 0 Å². The molecule has 3 heterocycles. The topological polar surface area (TPSA) is 109 Å². The Balaban J connectivity index is 1.44. The molecule has 2 aromatic rings. The number of hydrogen-bond donors (Lipinski definition) is 1. The van der Waals surface area contributed by atoms with Crippen molar-refractivity contribution in [2.24, 2.45) is 0 Å². The second-order valence-corrected chi connectivity index (χ2v) is 7.11. The highest BCUT2D eigenvalue weighted by Crippen LogP contribution is 2.34. The van der Waals surface area contributed by atoms with E-state index in [1.54, 1.807) is 19.1 Å². The molecule has 0 spiro atoms. The molecule has 1 aromatic carbocycles. The highest BCUT2D eigenvalue weighted by Gasteiger charge is 2.29. The molecule has 0 saturated carbocycles. The molecule has 4 rings (SSSR count). The highest BCUT2D eigenvalue weighted by atomic mass is 16.7. The van der Waals surface area contributed by atoms with Gasteiger partial charge in [-0.1, -0.05) is 6.07 Å². The Kier molecular flexibility index (Phi) is 5.32. The monoisotopic (exact) mass is 401 g/mol.